The molecule has 20 heavy (non-hydrogen) atoms. The number of amides is 1. The molecule has 1 aromatic carbocycles. The van der Waals surface area contributed by atoms with E-state index >= 15 is 0 Å². The predicted octanol–water partition coefficient (Wildman–Crippen LogP) is 2.79. The van der Waals surface area contributed by atoms with Crippen LogP contribution in [0.15, 0.2) is 24.3 Å². The smallest absolute Gasteiger partial charge is 0.224 e. The Bertz CT molecular complexity index is 507. The number of hydrogen-bond acceptors (Lipinski definition) is 2. The van der Waals surface area contributed by atoms with Gasteiger partial charge < -0.3 is 10.6 Å². The first-order valence-electron chi connectivity index (χ1n) is 7.79. The Balaban J connectivity index is 1.78. The molecule has 1 aliphatic carbocycles. The van der Waals surface area contributed by atoms with E-state index in [1.807, 2.05) is 0 Å². The van der Waals surface area contributed by atoms with Crippen molar-refractivity contribution in [3.63, 3.8) is 0 Å². The van der Waals surface area contributed by atoms with E-state index in [0.29, 0.717) is 6.42 Å². The van der Waals surface area contributed by atoms with Crippen LogP contribution in [0, 0.1) is 0 Å². The van der Waals surface area contributed by atoms with Crippen molar-refractivity contribution >= 4 is 5.91 Å². The van der Waals surface area contributed by atoms with Crippen molar-refractivity contribution < 1.29 is 4.79 Å². The van der Waals surface area contributed by atoms with Crippen LogP contribution >= 0.6 is 0 Å². The topological polar surface area (TPSA) is 46.3 Å². The van der Waals surface area contributed by atoms with Gasteiger partial charge in [-0.1, -0.05) is 31.2 Å². The van der Waals surface area contributed by atoms with Crippen LogP contribution in [0.5, 0.6) is 0 Å². The predicted molar refractivity (Wildman–Crippen MR) is 80.3 cm³/mol. The number of fused-ring (bicyclic) bond motifs is 1. The van der Waals surface area contributed by atoms with Crippen LogP contribution in [0.4, 0.5) is 0 Å². The summed E-state index contributed by atoms with van der Waals surface area (Å²) in [6.45, 7) is 3.00. The molecule has 1 amide bonds. The fourth-order valence-electron chi connectivity index (χ4n) is 3.60. The molecule has 2 aliphatic rings. The Morgan fingerprint density at radius 1 is 1.40 bits per heavy atom. The highest BCUT2D eigenvalue weighted by Crippen LogP contribution is 2.36. The van der Waals surface area contributed by atoms with Gasteiger partial charge in [0.2, 0.25) is 5.91 Å². The molecule has 1 fully saturated rings. The first-order valence-corrected chi connectivity index (χ1v) is 7.79. The summed E-state index contributed by atoms with van der Waals surface area (Å²) >= 11 is 0. The second-order valence-corrected chi connectivity index (χ2v) is 6.35. The van der Waals surface area contributed by atoms with Crippen molar-refractivity contribution in [2.45, 2.75) is 57.0 Å². The Morgan fingerprint density at radius 2 is 2.15 bits per heavy atom. The van der Waals surface area contributed by atoms with Crippen LogP contribution in [0.2, 0.25) is 0 Å². The van der Waals surface area contributed by atoms with Gasteiger partial charge in [-0.3, -0.25) is 4.79 Å². The summed E-state index contributed by atoms with van der Waals surface area (Å²) < 4.78 is 0. The van der Waals surface area contributed by atoms with E-state index in [0.717, 1.165) is 32.2 Å². The number of carbonyl (C=O) groups excluding carboxylic acids is 1. The van der Waals surface area contributed by atoms with E-state index in [-0.39, 0.29) is 17.5 Å². The first kappa shape index (κ1) is 13.6. The molecule has 3 rings (SSSR count). The highest BCUT2D eigenvalue weighted by atomic mass is 16.2. The molecule has 108 valence electrons. The Labute approximate surface area is 121 Å². The molecule has 0 aromatic heterocycles. The second kappa shape index (κ2) is 5.21. The molecule has 3 heteroatoms. The summed E-state index contributed by atoms with van der Waals surface area (Å²) in [7, 11) is 0. The van der Waals surface area contributed by atoms with E-state index in [9.17, 15) is 4.79 Å². The molecule has 1 aromatic rings. The molecule has 0 saturated heterocycles. The molecular formula is C17H24N2O. The maximum absolute atomic E-state index is 12.6. The fraction of sp³-hybridized carbons (Fsp3) is 0.588. The number of nitrogens with two attached hydrogens (primary N) is 1. The van der Waals surface area contributed by atoms with Gasteiger partial charge in [-0.15, -0.1) is 0 Å². The van der Waals surface area contributed by atoms with Crippen molar-refractivity contribution in [2.24, 2.45) is 5.73 Å². The van der Waals surface area contributed by atoms with Crippen molar-refractivity contribution in [3.8, 4) is 0 Å². The molecule has 1 saturated carbocycles. The number of nitrogens with zero attached hydrogens (tertiary/aromatic N) is 1. The van der Waals surface area contributed by atoms with E-state index in [2.05, 4.69) is 36.1 Å². The minimum atomic E-state index is -0.216. The van der Waals surface area contributed by atoms with Gasteiger partial charge in [-0.2, -0.15) is 0 Å². The number of hydrogen-bond donors (Lipinski definition) is 1. The van der Waals surface area contributed by atoms with Gasteiger partial charge in [-0.25, -0.2) is 0 Å². The van der Waals surface area contributed by atoms with Gasteiger partial charge in [0, 0.05) is 18.5 Å². The lowest BCUT2D eigenvalue weighted by atomic mass is 9.75. The number of carbonyl (C=O) groups is 1. The Kier molecular flexibility index (Phi) is 3.55. The van der Waals surface area contributed by atoms with E-state index in [4.69, 9.17) is 5.73 Å². The molecule has 2 N–H and O–H groups in total. The van der Waals surface area contributed by atoms with E-state index in [1.165, 1.54) is 17.5 Å². The minimum absolute atomic E-state index is 0.216. The summed E-state index contributed by atoms with van der Waals surface area (Å²) in [6, 6.07) is 8.76. The highest BCUT2D eigenvalue weighted by Gasteiger charge is 2.38. The third-order valence-electron chi connectivity index (χ3n) is 4.97. The monoisotopic (exact) mass is 272 g/mol. The number of benzene rings is 1. The summed E-state index contributed by atoms with van der Waals surface area (Å²) in [5.74, 6) is 0.244. The van der Waals surface area contributed by atoms with Crippen LogP contribution in [0.25, 0.3) is 0 Å². The van der Waals surface area contributed by atoms with Gasteiger partial charge in [0.15, 0.2) is 0 Å². The van der Waals surface area contributed by atoms with Crippen LogP contribution in [0.3, 0.4) is 0 Å². The summed E-state index contributed by atoms with van der Waals surface area (Å²) in [5.41, 5.74) is 8.75. The molecule has 1 aliphatic heterocycles. The Morgan fingerprint density at radius 3 is 2.80 bits per heavy atom. The van der Waals surface area contributed by atoms with E-state index in [1.54, 1.807) is 0 Å². The molecule has 0 spiro atoms. The zero-order valence-corrected chi connectivity index (χ0v) is 12.3. The van der Waals surface area contributed by atoms with Gasteiger partial charge in [0.05, 0.1) is 6.04 Å². The van der Waals surface area contributed by atoms with Gasteiger partial charge in [0.1, 0.15) is 0 Å². The van der Waals surface area contributed by atoms with Gasteiger partial charge >= 0.3 is 0 Å². The minimum Gasteiger partial charge on any atom is -0.335 e. The largest absolute Gasteiger partial charge is 0.335 e. The van der Waals surface area contributed by atoms with Gasteiger partial charge in [0.25, 0.3) is 0 Å². The summed E-state index contributed by atoms with van der Waals surface area (Å²) in [6.07, 6.45) is 5.63. The average molecular weight is 272 g/mol. The first-order chi connectivity index (χ1) is 9.63. The van der Waals surface area contributed by atoms with Crippen LogP contribution in [-0.2, 0) is 11.2 Å². The molecule has 0 unspecified atom stereocenters. The fourth-order valence-corrected chi connectivity index (χ4v) is 3.60. The number of rotatable bonds is 3. The SMILES string of the molecule is CC[C@H]1c2ccccc2CCN1C(=O)CC1(N)CCC1. The summed E-state index contributed by atoms with van der Waals surface area (Å²) in [4.78, 5) is 14.7. The molecule has 0 radical (unpaired) electrons. The van der Waals surface area contributed by atoms with Crippen molar-refractivity contribution in [1.29, 1.82) is 0 Å². The highest BCUT2D eigenvalue weighted by molar-refractivity contribution is 5.78. The van der Waals surface area contributed by atoms with Crippen molar-refractivity contribution in [2.75, 3.05) is 6.54 Å². The lowest BCUT2D eigenvalue weighted by Crippen LogP contribution is -2.51. The summed E-state index contributed by atoms with van der Waals surface area (Å²) in [5, 5.41) is 0. The maximum atomic E-state index is 12.6. The normalized spacial score (nSPS) is 23.9. The second-order valence-electron chi connectivity index (χ2n) is 6.35. The van der Waals surface area contributed by atoms with Crippen LogP contribution in [-0.4, -0.2) is 22.9 Å². The third-order valence-corrected chi connectivity index (χ3v) is 4.97. The van der Waals surface area contributed by atoms with Crippen LogP contribution in [0.1, 0.15) is 56.2 Å². The average Bonchev–Trinajstić information content (AvgIpc) is 2.44. The molecular weight excluding hydrogens is 248 g/mol. The van der Waals surface area contributed by atoms with Crippen LogP contribution < -0.4 is 5.73 Å². The quantitative estimate of drug-likeness (QED) is 0.919. The maximum Gasteiger partial charge on any atom is 0.224 e. The lowest BCUT2D eigenvalue weighted by molar-refractivity contribution is -0.136. The molecule has 1 heterocycles. The third kappa shape index (κ3) is 2.35. The van der Waals surface area contributed by atoms with E-state index < -0.39 is 0 Å². The Hall–Kier alpha value is -1.35. The zero-order chi connectivity index (χ0) is 14.2. The molecule has 1 atom stereocenters. The molecule has 3 nitrogen and oxygen atoms in total. The van der Waals surface area contributed by atoms with Gasteiger partial charge in [-0.05, 0) is 43.2 Å². The standard InChI is InChI=1S/C17H24N2O/c1-2-15-14-7-4-3-6-13(14)8-11-19(15)16(20)12-17(18)9-5-10-17/h3-4,6-7,15H,2,5,8-12,18H2,1H3/t15-/m0/s1. The van der Waals surface area contributed by atoms with Crippen molar-refractivity contribution in [3.05, 3.63) is 35.4 Å². The van der Waals surface area contributed by atoms with Crippen molar-refractivity contribution in [1.82, 2.24) is 4.90 Å². The zero-order valence-electron chi connectivity index (χ0n) is 12.3. The molecule has 0 bridgehead atoms. The lowest BCUT2D eigenvalue weighted by Gasteiger charge is -2.42.